The van der Waals surface area contributed by atoms with Crippen LogP contribution in [0, 0.1) is 0 Å². The van der Waals surface area contributed by atoms with Crippen LogP contribution < -0.4 is 4.90 Å². The largest absolute Gasteiger partial charge is 0.284 e. The Morgan fingerprint density at radius 1 is 1.03 bits per heavy atom. The summed E-state index contributed by atoms with van der Waals surface area (Å²) in [5.74, 6) is 1.03. The number of hydrogen-bond acceptors (Lipinski definition) is 5. The second-order valence-electron chi connectivity index (χ2n) is 7.25. The Hall–Kier alpha value is -2.70. The first-order valence-electron chi connectivity index (χ1n) is 10.5. The Morgan fingerprint density at radius 2 is 1.84 bits per heavy atom. The SMILES string of the molecule is CCc1ccc2nc(N(Cc3ccncc3)C(=O)CCCSc3ccccc3)sc2c1. The maximum absolute atomic E-state index is 13.2. The van der Waals surface area contributed by atoms with E-state index in [1.54, 1.807) is 35.5 Å². The summed E-state index contributed by atoms with van der Waals surface area (Å²) >= 11 is 3.38. The predicted molar refractivity (Wildman–Crippen MR) is 131 cm³/mol. The summed E-state index contributed by atoms with van der Waals surface area (Å²) in [4.78, 5) is 25.2. The fourth-order valence-electron chi connectivity index (χ4n) is 3.29. The Balaban J connectivity index is 1.49. The van der Waals surface area contributed by atoms with Crippen molar-refractivity contribution in [2.24, 2.45) is 0 Å². The van der Waals surface area contributed by atoms with Crippen molar-refractivity contribution >= 4 is 44.4 Å². The molecule has 0 atom stereocenters. The summed E-state index contributed by atoms with van der Waals surface area (Å²) in [5.41, 5.74) is 3.28. The first kappa shape index (κ1) is 21.5. The van der Waals surface area contributed by atoms with Gasteiger partial charge in [-0.2, -0.15) is 0 Å². The van der Waals surface area contributed by atoms with Gasteiger partial charge in [-0.15, -0.1) is 11.8 Å². The highest BCUT2D eigenvalue weighted by Gasteiger charge is 2.20. The highest BCUT2D eigenvalue weighted by Crippen LogP contribution is 2.31. The molecule has 0 aliphatic heterocycles. The highest BCUT2D eigenvalue weighted by molar-refractivity contribution is 7.99. The number of fused-ring (bicyclic) bond motifs is 1. The van der Waals surface area contributed by atoms with E-state index in [9.17, 15) is 4.79 Å². The predicted octanol–water partition coefficient (Wildman–Crippen LogP) is 6.36. The van der Waals surface area contributed by atoms with Gasteiger partial charge in [0.25, 0.3) is 0 Å². The summed E-state index contributed by atoms with van der Waals surface area (Å²) in [7, 11) is 0. The number of carbonyl (C=O) groups is 1. The summed E-state index contributed by atoms with van der Waals surface area (Å²) in [6, 6.07) is 20.6. The number of aromatic nitrogens is 2. The van der Waals surface area contributed by atoms with Crippen LogP contribution >= 0.6 is 23.1 Å². The van der Waals surface area contributed by atoms with Crippen LogP contribution in [0.1, 0.15) is 30.9 Å². The van der Waals surface area contributed by atoms with Crippen LogP contribution in [0.15, 0.2) is 78.0 Å². The fraction of sp³-hybridized carbons (Fsp3) is 0.240. The molecule has 2 aromatic carbocycles. The van der Waals surface area contributed by atoms with E-state index in [1.807, 2.05) is 35.2 Å². The highest BCUT2D eigenvalue weighted by atomic mass is 32.2. The molecule has 0 unspecified atom stereocenters. The fourth-order valence-corrected chi connectivity index (χ4v) is 5.21. The monoisotopic (exact) mass is 447 g/mol. The number of amides is 1. The van der Waals surface area contributed by atoms with Gasteiger partial charge in [-0.3, -0.25) is 14.7 Å². The van der Waals surface area contributed by atoms with Crippen molar-refractivity contribution in [3.63, 3.8) is 0 Å². The number of rotatable bonds is 9. The van der Waals surface area contributed by atoms with Gasteiger partial charge in [0.2, 0.25) is 5.91 Å². The standard InChI is InChI=1S/C25H25N3OS2/c1-2-19-10-11-22-23(17-19)31-25(27-22)28(18-20-12-14-26-15-13-20)24(29)9-6-16-30-21-7-4-3-5-8-21/h3-5,7-8,10-15,17H,2,6,9,16,18H2,1H3. The summed E-state index contributed by atoms with van der Waals surface area (Å²) < 4.78 is 1.13. The third-order valence-electron chi connectivity index (χ3n) is 5.02. The van der Waals surface area contributed by atoms with E-state index >= 15 is 0 Å². The topological polar surface area (TPSA) is 46.1 Å². The molecule has 4 nitrogen and oxygen atoms in total. The van der Waals surface area contributed by atoms with Crippen LogP contribution in [0.3, 0.4) is 0 Å². The normalized spacial score (nSPS) is 11.0. The average molecular weight is 448 g/mol. The lowest BCUT2D eigenvalue weighted by atomic mass is 10.2. The Bertz CT molecular complexity index is 1130. The number of carbonyl (C=O) groups excluding carboxylic acids is 1. The van der Waals surface area contributed by atoms with E-state index in [4.69, 9.17) is 4.98 Å². The van der Waals surface area contributed by atoms with Crippen molar-refractivity contribution in [1.29, 1.82) is 0 Å². The molecular weight excluding hydrogens is 422 g/mol. The van der Waals surface area contributed by atoms with Crippen LogP contribution in [-0.4, -0.2) is 21.6 Å². The summed E-state index contributed by atoms with van der Waals surface area (Å²) in [6.07, 6.45) is 5.85. The van der Waals surface area contributed by atoms with Gasteiger partial charge < -0.3 is 0 Å². The molecule has 2 aromatic heterocycles. The minimum Gasteiger partial charge on any atom is -0.284 e. The van der Waals surface area contributed by atoms with E-state index < -0.39 is 0 Å². The molecule has 0 saturated heterocycles. The lowest BCUT2D eigenvalue weighted by Gasteiger charge is -2.20. The zero-order chi connectivity index (χ0) is 21.5. The second kappa shape index (κ2) is 10.6. The van der Waals surface area contributed by atoms with Crippen LogP contribution in [0.4, 0.5) is 5.13 Å². The molecule has 4 rings (SSSR count). The van der Waals surface area contributed by atoms with E-state index in [0.29, 0.717) is 13.0 Å². The number of anilines is 1. The van der Waals surface area contributed by atoms with Gasteiger partial charge in [0, 0.05) is 23.7 Å². The van der Waals surface area contributed by atoms with Gasteiger partial charge in [-0.25, -0.2) is 4.98 Å². The van der Waals surface area contributed by atoms with Crippen LogP contribution in [0.25, 0.3) is 10.2 Å². The zero-order valence-corrected chi connectivity index (χ0v) is 19.2. The molecule has 0 aliphatic rings. The van der Waals surface area contributed by atoms with E-state index in [2.05, 4.69) is 42.2 Å². The molecule has 1 amide bonds. The van der Waals surface area contributed by atoms with Crippen molar-refractivity contribution in [2.75, 3.05) is 10.7 Å². The maximum Gasteiger partial charge on any atom is 0.229 e. The van der Waals surface area contributed by atoms with Crippen LogP contribution in [0.2, 0.25) is 0 Å². The molecule has 0 fully saturated rings. The molecule has 158 valence electrons. The molecule has 0 N–H and O–H groups in total. The minimum atomic E-state index is 0.111. The van der Waals surface area contributed by atoms with Crippen molar-refractivity contribution in [2.45, 2.75) is 37.6 Å². The summed E-state index contributed by atoms with van der Waals surface area (Å²) in [5, 5.41) is 0.765. The van der Waals surface area contributed by atoms with Crippen molar-refractivity contribution < 1.29 is 4.79 Å². The Kier molecular flexibility index (Phi) is 7.33. The third kappa shape index (κ3) is 5.71. The van der Waals surface area contributed by atoms with E-state index in [-0.39, 0.29) is 5.91 Å². The number of nitrogens with zero attached hydrogens (tertiary/aromatic N) is 3. The Morgan fingerprint density at radius 3 is 2.61 bits per heavy atom. The van der Waals surface area contributed by atoms with Crippen LogP contribution in [-0.2, 0) is 17.8 Å². The maximum atomic E-state index is 13.2. The van der Waals surface area contributed by atoms with Gasteiger partial charge in [0.1, 0.15) is 0 Å². The molecule has 2 heterocycles. The number of aryl methyl sites for hydroxylation is 1. The van der Waals surface area contributed by atoms with Gasteiger partial charge in [-0.05, 0) is 66.1 Å². The second-order valence-corrected chi connectivity index (χ2v) is 9.43. The van der Waals surface area contributed by atoms with Gasteiger partial charge in [0.05, 0.1) is 16.8 Å². The third-order valence-corrected chi connectivity index (χ3v) is 7.16. The quantitative estimate of drug-likeness (QED) is 0.221. The number of thioether (sulfide) groups is 1. The lowest BCUT2D eigenvalue weighted by molar-refractivity contribution is -0.118. The zero-order valence-electron chi connectivity index (χ0n) is 17.5. The lowest BCUT2D eigenvalue weighted by Crippen LogP contribution is -2.30. The first-order valence-corrected chi connectivity index (χ1v) is 12.3. The van der Waals surface area contributed by atoms with Gasteiger partial charge in [0.15, 0.2) is 5.13 Å². The number of hydrogen-bond donors (Lipinski definition) is 0. The number of pyridine rings is 1. The molecule has 0 bridgehead atoms. The van der Waals surface area contributed by atoms with Crippen molar-refractivity contribution in [1.82, 2.24) is 9.97 Å². The van der Waals surface area contributed by atoms with E-state index in [0.717, 1.165) is 39.5 Å². The molecule has 0 saturated carbocycles. The summed E-state index contributed by atoms with van der Waals surface area (Å²) in [6.45, 7) is 2.66. The first-order chi connectivity index (χ1) is 15.2. The number of thiazole rings is 1. The Labute approximate surface area is 191 Å². The van der Waals surface area contributed by atoms with Gasteiger partial charge in [-0.1, -0.05) is 42.5 Å². The molecule has 0 aliphatic carbocycles. The molecule has 6 heteroatoms. The average Bonchev–Trinajstić information content (AvgIpc) is 3.24. The molecule has 0 radical (unpaired) electrons. The molecule has 4 aromatic rings. The van der Waals surface area contributed by atoms with Crippen LogP contribution in [0.5, 0.6) is 0 Å². The minimum absolute atomic E-state index is 0.111. The van der Waals surface area contributed by atoms with E-state index in [1.165, 1.54) is 10.5 Å². The van der Waals surface area contributed by atoms with Gasteiger partial charge >= 0.3 is 0 Å². The molecule has 0 spiro atoms. The van der Waals surface area contributed by atoms with Crippen molar-refractivity contribution in [3.8, 4) is 0 Å². The molecular formula is C25H25N3OS2. The van der Waals surface area contributed by atoms with Crippen molar-refractivity contribution in [3.05, 3.63) is 84.2 Å². The smallest absolute Gasteiger partial charge is 0.229 e. The molecule has 31 heavy (non-hydrogen) atoms. The number of benzene rings is 2.